The Balaban J connectivity index is 1.90. The summed E-state index contributed by atoms with van der Waals surface area (Å²) in [5.41, 5.74) is 0.699. The number of piperidine rings is 1. The molecule has 2 aromatic heterocycles. The quantitative estimate of drug-likeness (QED) is 0.775. The highest BCUT2D eigenvalue weighted by Crippen LogP contribution is 2.11. The molecule has 3 heterocycles. The highest BCUT2D eigenvalue weighted by molar-refractivity contribution is 5.42. The van der Waals surface area contributed by atoms with Crippen LogP contribution < -0.4 is 5.56 Å². The zero-order chi connectivity index (χ0) is 13.1. The minimum Gasteiger partial charge on any atom is -0.278 e. The van der Waals surface area contributed by atoms with Gasteiger partial charge in [-0.1, -0.05) is 11.3 Å². The Morgan fingerprint density at radius 2 is 2.00 bits per heavy atom. The maximum atomic E-state index is 12.2. The monoisotopic (exact) mass is 257 g/mol. The van der Waals surface area contributed by atoms with E-state index in [0.717, 1.165) is 25.9 Å². The summed E-state index contributed by atoms with van der Waals surface area (Å²) in [7, 11) is 0. The summed E-state index contributed by atoms with van der Waals surface area (Å²) in [6.45, 7) is 1.82. The Bertz CT molecular complexity index is 657. The van der Waals surface area contributed by atoms with Gasteiger partial charge in [-0.25, -0.2) is 4.98 Å². The van der Waals surface area contributed by atoms with Crippen LogP contribution >= 0.6 is 0 Å². The van der Waals surface area contributed by atoms with Gasteiger partial charge in [0, 0.05) is 19.3 Å². The van der Waals surface area contributed by atoms with Crippen LogP contribution in [0.2, 0.25) is 0 Å². The average Bonchev–Trinajstić information content (AvgIpc) is 2.48. The summed E-state index contributed by atoms with van der Waals surface area (Å²) in [5.74, 6) is 0. The summed E-state index contributed by atoms with van der Waals surface area (Å²) in [6, 6.07) is 5.42. The Hall–Kier alpha value is -2.24. The lowest BCUT2D eigenvalue weighted by atomic mass is 10.2. The third kappa shape index (κ3) is 2.47. The van der Waals surface area contributed by atoms with E-state index < -0.39 is 0 Å². The third-order valence-electron chi connectivity index (χ3n) is 3.21. The minimum atomic E-state index is -0.189. The maximum Gasteiger partial charge on any atom is 0.285 e. The molecule has 6 nitrogen and oxygen atoms in total. The Kier molecular flexibility index (Phi) is 3.22. The fourth-order valence-corrected chi connectivity index (χ4v) is 2.16. The van der Waals surface area contributed by atoms with Crippen molar-refractivity contribution in [3.63, 3.8) is 0 Å². The van der Waals surface area contributed by atoms with E-state index in [1.165, 1.54) is 17.0 Å². The van der Waals surface area contributed by atoms with Crippen molar-refractivity contribution >= 4 is 11.3 Å². The zero-order valence-corrected chi connectivity index (χ0v) is 10.6. The molecule has 1 aliphatic rings. The van der Waals surface area contributed by atoms with Crippen LogP contribution in [-0.2, 0) is 0 Å². The molecule has 1 saturated heterocycles. The first-order valence-electron chi connectivity index (χ1n) is 6.47. The molecule has 0 unspecified atom stereocenters. The van der Waals surface area contributed by atoms with E-state index in [1.807, 2.05) is 11.1 Å². The molecular formula is C13H15N5O. The lowest BCUT2D eigenvalue weighted by molar-refractivity contribution is 0.224. The molecule has 6 heteroatoms. The molecule has 19 heavy (non-hydrogen) atoms. The van der Waals surface area contributed by atoms with Crippen LogP contribution in [0.15, 0.2) is 45.7 Å². The largest absolute Gasteiger partial charge is 0.285 e. The van der Waals surface area contributed by atoms with Crippen LogP contribution in [0.5, 0.6) is 0 Å². The van der Waals surface area contributed by atoms with Crippen molar-refractivity contribution in [2.45, 2.75) is 19.3 Å². The lowest BCUT2D eigenvalue weighted by Crippen LogP contribution is -2.24. The van der Waals surface area contributed by atoms with E-state index >= 15 is 0 Å². The summed E-state index contributed by atoms with van der Waals surface area (Å²) >= 11 is 0. The van der Waals surface area contributed by atoms with Crippen LogP contribution in [0.3, 0.4) is 0 Å². The van der Waals surface area contributed by atoms with E-state index in [2.05, 4.69) is 15.3 Å². The summed E-state index contributed by atoms with van der Waals surface area (Å²) in [5, 5.41) is 10.1. The van der Waals surface area contributed by atoms with Crippen molar-refractivity contribution in [3.8, 4) is 0 Å². The molecule has 3 rings (SSSR count). The Morgan fingerprint density at radius 1 is 1.16 bits per heavy atom. The fourth-order valence-electron chi connectivity index (χ4n) is 2.16. The number of fused-ring (bicyclic) bond motifs is 1. The van der Waals surface area contributed by atoms with Gasteiger partial charge >= 0.3 is 0 Å². The number of nitrogens with zero attached hydrogens (tertiary/aromatic N) is 5. The number of aromatic nitrogens is 2. The third-order valence-corrected chi connectivity index (χ3v) is 3.21. The number of rotatable bonds is 2. The highest BCUT2D eigenvalue weighted by Gasteiger charge is 2.08. The van der Waals surface area contributed by atoms with Crippen molar-refractivity contribution in [2.75, 3.05) is 13.1 Å². The molecule has 98 valence electrons. The second-order valence-corrected chi connectivity index (χ2v) is 4.58. The Morgan fingerprint density at radius 3 is 2.84 bits per heavy atom. The first kappa shape index (κ1) is 11.8. The van der Waals surface area contributed by atoms with Crippen LogP contribution in [0.1, 0.15) is 19.3 Å². The Labute approximate surface area is 110 Å². The molecule has 0 radical (unpaired) electrons. The molecule has 1 fully saturated rings. The van der Waals surface area contributed by atoms with Crippen LogP contribution in [0.25, 0.3) is 5.65 Å². The number of hydrogen-bond acceptors (Lipinski definition) is 4. The second-order valence-electron chi connectivity index (χ2n) is 4.58. The molecule has 0 atom stereocenters. The second kappa shape index (κ2) is 5.17. The molecule has 0 bridgehead atoms. The summed E-state index contributed by atoms with van der Waals surface area (Å²) in [6.07, 6.45) is 6.67. The van der Waals surface area contributed by atoms with E-state index in [0.29, 0.717) is 5.65 Å². The SMILES string of the molecule is O=c1c(N=NN2CCCCC2)cnc2ccccn12. The summed E-state index contributed by atoms with van der Waals surface area (Å²) in [4.78, 5) is 16.3. The van der Waals surface area contributed by atoms with Gasteiger partial charge in [-0.05, 0) is 31.4 Å². The predicted octanol–water partition coefficient (Wildman–Crippen LogP) is 2.18. The van der Waals surface area contributed by atoms with E-state index in [1.54, 1.807) is 18.3 Å². The number of hydrogen-bond donors (Lipinski definition) is 0. The molecule has 0 aromatic carbocycles. The maximum absolute atomic E-state index is 12.2. The standard InChI is InChI=1S/C13H15N5O/c19-13-11(15-16-17-7-3-1-4-8-17)10-14-12-6-2-5-9-18(12)13/h2,5-6,9-10H,1,3-4,7-8H2. The normalized spacial score (nSPS) is 16.3. The van der Waals surface area contributed by atoms with Gasteiger partial charge in [-0.3, -0.25) is 14.2 Å². The number of pyridine rings is 1. The average molecular weight is 257 g/mol. The van der Waals surface area contributed by atoms with Crippen LogP contribution in [-0.4, -0.2) is 27.5 Å². The summed E-state index contributed by atoms with van der Waals surface area (Å²) < 4.78 is 1.48. The van der Waals surface area contributed by atoms with Gasteiger partial charge in [0.1, 0.15) is 5.65 Å². The fraction of sp³-hybridized carbons (Fsp3) is 0.385. The minimum absolute atomic E-state index is 0.189. The smallest absolute Gasteiger partial charge is 0.278 e. The van der Waals surface area contributed by atoms with Gasteiger partial charge < -0.3 is 0 Å². The molecule has 1 aliphatic heterocycles. The van der Waals surface area contributed by atoms with Crippen LogP contribution in [0.4, 0.5) is 5.69 Å². The van der Waals surface area contributed by atoms with Crippen molar-refractivity contribution in [2.24, 2.45) is 10.3 Å². The molecule has 2 aromatic rings. The first-order chi connectivity index (χ1) is 9.34. The van der Waals surface area contributed by atoms with Crippen molar-refractivity contribution < 1.29 is 0 Å². The van der Waals surface area contributed by atoms with Gasteiger partial charge in [-0.15, -0.1) is 5.11 Å². The van der Waals surface area contributed by atoms with Crippen molar-refractivity contribution in [1.29, 1.82) is 0 Å². The molecule has 0 N–H and O–H groups in total. The highest BCUT2D eigenvalue weighted by atomic mass is 16.1. The molecule has 0 aliphatic carbocycles. The lowest BCUT2D eigenvalue weighted by Gasteiger charge is -2.21. The van der Waals surface area contributed by atoms with Gasteiger partial charge in [0.25, 0.3) is 5.56 Å². The predicted molar refractivity (Wildman–Crippen MR) is 71.4 cm³/mol. The zero-order valence-electron chi connectivity index (χ0n) is 10.6. The van der Waals surface area contributed by atoms with Crippen molar-refractivity contribution in [3.05, 3.63) is 40.9 Å². The molecule has 0 saturated carbocycles. The van der Waals surface area contributed by atoms with Gasteiger partial charge in [0.05, 0.1) is 6.20 Å². The topological polar surface area (TPSA) is 62.3 Å². The van der Waals surface area contributed by atoms with E-state index in [-0.39, 0.29) is 11.2 Å². The van der Waals surface area contributed by atoms with Gasteiger partial charge in [0.2, 0.25) is 0 Å². The van der Waals surface area contributed by atoms with E-state index in [9.17, 15) is 4.79 Å². The van der Waals surface area contributed by atoms with Gasteiger partial charge in [0.15, 0.2) is 5.69 Å². The molecular weight excluding hydrogens is 242 g/mol. The van der Waals surface area contributed by atoms with Gasteiger partial charge in [-0.2, -0.15) is 0 Å². The molecule has 0 spiro atoms. The van der Waals surface area contributed by atoms with Crippen molar-refractivity contribution in [1.82, 2.24) is 14.4 Å². The molecule has 0 amide bonds. The van der Waals surface area contributed by atoms with Crippen LogP contribution in [0, 0.1) is 0 Å². The first-order valence-corrected chi connectivity index (χ1v) is 6.47. The van der Waals surface area contributed by atoms with E-state index in [4.69, 9.17) is 0 Å².